The second kappa shape index (κ2) is 7.49. The minimum atomic E-state index is -0.188. The van der Waals surface area contributed by atoms with Crippen LogP contribution in [0.25, 0.3) is 0 Å². The zero-order chi connectivity index (χ0) is 13.5. The summed E-state index contributed by atoms with van der Waals surface area (Å²) in [6, 6.07) is 2.53. The Hall–Kier alpha value is -1.08. The molecule has 1 aliphatic carbocycles. The van der Waals surface area contributed by atoms with Crippen molar-refractivity contribution in [2.45, 2.75) is 69.9 Å². The van der Waals surface area contributed by atoms with Gasteiger partial charge in [0.25, 0.3) is 0 Å². The molecule has 0 spiro atoms. The van der Waals surface area contributed by atoms with Gasteiger partial charge < -0.3 is 10.2 Å². The predicted molar refractivity (Wildman–Crippen MR) is 74.5 cm³/mol. The third-order valence-electron chi connectivity index (χ3n) is 4.37. The van der Waals surface area contributed by atoms with Gasteiger partial charge in [-0.05, 0) is 25.7 Å². The Morgan fingerprint density at radius 3 is 2.47 bits per heavy atom. The van der Waals surface area contributed by atoms with E-state index in [0.29, 0.717) is 12.6 Å². The lowest BCUT2D eigenvalue weighted by molar-refractivity contribution is -0.130. The molecule has 0 radical (unpaired) electrons. The lowest BCUT2D eigenvalue weighted by atomic mass is 9.97. The molecule has 19 heavy (non-hydrogen) atoms. The highest BCUT2D eigenvalue weighted by Gasteiger charge is 2.28. The first kappa shape index (κ1) is 14.3. The molecule has 1 saturated carbocycles. The van der Waals surface area contributed by atoms with Crippen molar-refractivity contribution in [3.63, 3.8) is 0 Å². The fraction of sp³-hybridized carbons (Fsp3) is 0.867. The largest absolute Gasteiger partial charge is 0.326 e. The van der Waals surface area contributed by atoms with Crippen LogP contribution in [-0.2, 0) is 4.79 Å². The van der Waals surface area contributed by atoms with E-state index in [0.717, 1.165) is 19.4 Å². The Kier molecular flexibility index (Phi) is 5.65. The molecule has 0 aromatic rings. The molecule has 1 N–H and O–H groups in total. The Labute approximate surface area is 116 Å². The number of nitrogens with one attached hydrogen (secondary N) is 1. The van der Waals surface area contributed by atoms with Crippen LogP contribution in [0.15, 0.2) is 0 Å². The van der Waals surface area contributed by atoms with Crippen LogP contribution in [0, 0.1) is 11.3 Å². The molecule has 0 bridgehead atoms. The standard InChI is InChI=1S/C15H25N3O/c16-11-14-9-6-10-18(14)15(19)12-17-13-7-4-2-1-3-5-8-13/h13-14,17H,1-10,12H2/t14-/m0/s1. The number of nitrogens with zero attached hydrogens (tertiary/aromatic N) is 2. The van der Waals surface area contributed by atoms with E-state index in [1.807, 2.05) is 0 Å². The number of nitriles is 1. The maximum absolute atomic E-state index is 12.1. The number of carbonyl (C=O) groups is 1. The average Bonchev–Trinajstić information content (AvgIpc) is 2.85. The van der Waals surface area contributed by atoms with Crippen LogP contribution in [0.2, 0.25) is 0 Å². The van der Waals surface area contributed by atoms with Crippen molar-refractivity contribution in [2.24, 2.45) is 0 Å². The highest BCUT2D eigenvalue weighted by molar-refractivity contribution is 5.79. The van der Waals surface area contributed by atoms with Gasteiger partial charge in [0.2, 0.25) is 5.91 Å². The molecule has 2 rings (SSSR count). The lowest BCUT2D eigenvalue weighted by Gasteiger charge is -2.24. The van der Waals surface area contributed by atoms with Crippen molar-refractivity contribution in [2.75, 3.05) is 13.1 Å². The first-order chi connectivity index (χ1) is 9.31. The summed E-state index contributed by atoms with van der Waals surface area (Å²) < 4.78 is 0. The van der Waals surface area contributed by atoms with Gasteiger partial charge in [0, 0.05) is 12.6 Å². The van der Waals surface area contributed by atoms with Crippen LogP contribution in [-0.4, -0.2) is 36.0 Å². The first-order valence-corrected chi connectivity index (χ1v) is 7.73. The van der Waals surface area contributed by atoms with E-state index >= 15 is 0 Å². The molecule has 0 aromatic heterocycles. The second-order valence-electron chi connectivity index (χ2n) is 5.80. The van der Waals surface area contributed by atoms with E-state index in [1.165, 1.54) is 44.9 Å². The van der Waals surface area contributed by atoms with E-state index < -0.39 is 0 Å². The van der Waals surface area contributed by atoms with E-state index in [2.05, 4.69) is 11.4 Å². The fourth-order valence-electron chi connectivity index (χ4n) is 3.19. The minimum Gasteiger partial charge on any atom is -0.326 e. The van der Waals surface area contributed by atoms with Crippen molar-refractivity contribution in [1.82, 2.24) is 10.2 Å². The number of rotatable bonds is 3. The number of hydrogen-bond donors (Lipinski definition) is 1. The molecule has 0 aromatic carbocycles. The van der Waals surface area contributed by atoms with Crippen LogP contribution in [0.4, 0.5) is 0 Å². The van der Waals surface area contributed by atoms with Gasteiger partial charge in [-0.2, -0.15) is 5.26 Å². The van der Waals surface area contributed by atoms with Crippen molar-refractivity contribution in [1.29, 1.82) is 5.26 Å². The molecule has 2 aliphatic rings. The zero-order valence-corrected chi connectivity index (χ0v) is 11.7. The molecule has 2 fully saturated rings. The van der Waals surface area contributed by atoms with E-state index in [4.69, 9.17) is 5.26 Å². The van der Waals surface area contributed by atoms with Crippen LogP contribution in [0.5, 0.6) is 0 Å². The lowest BCUT2D eigenvalue weighted by Crippen LogP contribution is -2.43. The molecule has 0 unspecified atom stereocenters. The molecule has 4 heteroatoms. The smallest absolute Gasteiger partial charge is 0.237 e. The van der Waals surface area contributed by atoms with Crippen LogP contribution >= 0.6 is 0 Å². The summed E-state index contributed by atoms with van der Waals surface area (Å²) >= 11 is 0. The number of likely N-dealkylation sites (tertiary alicyclic amines) is 1. The number of hydrogen-bond acceptors (Lipinski definition) is 3. The maximum atomic E-state index is 12.1. The molecule has 1 amide bonds. The summed E-state index contributed by atoms with van der Waals surface area (Å²) in [6.07, 6.45) is 10.8. The summed E-state index contributed by atoms with van der Waals surface area (Å²) in [5.41, 5.74) is 0. The fourth-order valence-corrected chi connectivity index (χ4v) is 3.19. The monoisotopic (exact) mass is 263 g/mol. The Balaban J connectivity index is 1.74. The van der Waals surface area contributed by atoms with E-state index in [-0.39, 0.29) is 11.9 Å². The first-order valence-electron chi connectivity index (χ1n) is 7.73. The minimum absolute atomic E-state index is 0.103. The number of amides is 1. The molecule has 1 saturated heterocycles. The third-order valence-corrected chi connectivity index (χ3v) is 4.37. The molecule has 1 aliphatic heterocycles. The molecule has 1 heterocycles. The van der Waals surface area contributed by atoms with Gasteiger partial charge in [-0.3, -0.25) is 4.79 Å². The normalized spacial score (nSPS) is 25.6. The van der Waals surface area contributed by atoms with Crippen molar-refractivity contribution in [3.8, 4) is 6.07 Å². The van der Waals surface area contributed by atoms with Gasteiger partial charge in [-0.1, -0.05) is 32.1 Å². The van der Waals surface area contributed by atoms with Gasteiger partial charge in [-0.15, -0.1) is 0 Å². The highest BCUT2D eigenvalue weighted by atomic mass is 16.2. The van der Waals surface area contributed by atoms with Gasteiger partial charge in [0.15, 0.2) is 0 Å². The van der Waals surface area contributed by atoms with E-state index in [1.54, 1.807) is 4.90 Å². The molecular formula is C15H25N3O. The SMILES string of the molecule is N#C[C@@H]1CCCN1C(=O)CNC1CCCCCCC1. The number of carbonyl (C=O) groups excluding carboxylic acids is 1. The summed E-state index contributed by atoms with van der Waals surface area (Å²) in [6.45, 7) is 1.16. The molecule has 1 atom stereocenters. The summed E-state index contributed by atoms with van der Waals surface area (Å²) in [7, 11) is 0. The predicted octanol–water partition coefficient (Wildman–Crippen LogP) is 2.20. The topological polar surface area (TPSA) is 56.1 Å². The van der Waals surface area contributed by atoms with Crippen LogP contribution in [0.1, 0.15) is 57.8 Å². The molecule has 106 valence electrons. The van der Waals surface area contributed by atoms with E-state index in [9.17, 15) is 4.79 Å². The quantitative estimate of drug-likeness (QED) is 0.849. The van der Waals surface area contributed by atoms with Crippen LogP contribution < -0.4 is 5.32 Å². The summed E-state index contributed by atoms with van der Waals surface area (Å²) in [5.74, 6) is 0.103. The van der Waals surface area contributed by atoms with Gasteiger partial charge in [0.05, 0.1) is 12.6 Å². The Bertz CT molecular complexity index is 329. The Morgan fingerprint density at radius 1 is 1.11 bits per heavy atom. The third kappa shape index (κ3) is 4.21. The average molecular weight is 263 g/mol. The summed E-state index contributed by atoms with van der Waals surface area (Å²) in [5, 5.41) is 12.4. The van der Waals surface area contributed by atoms with Crippen molar-refractivity contribution >= 4 is 5.91 Å². The second-order valence-corrected chi connectivity index (χ2v) is 5.80. The van der Waals surface area contributed by atoms with Gasteiger partial charge >= 0.3 is 0 Å². The van der Waals surface area contributed by atoms with Gasteiger partial charge in [-0.25, -0.2) is 0 Å². The summed E-state index contributed by atoms with van der Waals surface area (Å²) in [4.78, 5) is 13.9. The molecule has 4 nitrogen and oxygen atoms in total. The Morgan fingerprint density at radius 2 is 1.79 bits per heavy atom. The van der Waals surface area contributed by atoms with Crippen molar-refractivity contribution in [3.05, 3.63) is 0 Å². The maximum Gasteiger partial charge on any atom is 0.237 e. The highest BCUT2D eigenvalue weighted by Crippen LogP contribution is 2.18. The molecular weight excluding hydrogens is 238 g/mol. The van der Waals surface area contributed by atoms with Crippen molar-refractivity contribution < 1.29 is 4.79 Å². The van der Waals surface area contributed by atoms with Gasteiger partial charge in [0.1, 0.15) is 6.04 Å². The zero-order valence-electron chi connectivity index (χ0n) is 11.7. The van der Waals surface area contributed by atoms with Crippen LogP contribution in [0.3, 0.4) is 0 Å².